The number of carboxylic acid groups (broad SMARTS) is 1. The summed E-state index contributed by atoms with van der Waals surface area (Å²) in [5, 5.41) is 14.2. The molecule has 8 heteroatoms. The van der Waals surface area contributed by atoms with Crippen LogP contribution < -0.4 is 9.64 Å². The average molecular weight is 410 g/mol. The molecule has 2 aliphatic heterocycles. The molecule has 2 aromatic rings. The number of benzene rings is 1. The number of amides is 2. The van der Waals surface area contributed by atoms with E-state index >= 15 is 0 Å². The average Bonchev–Trinajstić information content (AvgIpc) is 3.41. The Hall–Kier alpha value is -3.03. The van der Waals surface area contributed by atoms with Gasteiger partial charge in [-0.15, -0.1) is 0 Å². The zero-order valence-electron chi connectivity index (χ0n) is 17.1. The predicted octanol–water partition coefficient (Wildman–Crippen LogP) is 3.32. The molecule has 1 N–H and O–H groups in total. The van der Waals surface area contributed by atoms with Gasteiger partial charge in [-0.2, -0.15) is 5.10 Å². The van der Waals surface area contributed by atoms with Crippen molar-refractivity contribution in [2.75, 3.05) is 24.6 Å². The number of aromatic nitrogens is 2. The van der Waals surface area contributed by atoms with Crippen molar-refractivity contribution in [3.05, 3.63) is 30.1 Å². The summed E-state index contributed by atoms with van der Waals surface area (Å²) in [5.41, 5.74) is 3.28. The third-order valence-corrected chi connectivity index (χ3v) is 6.34. The van der Waals surface area contributed by atoms with Gasteiger partial charge in [0.25, 0.3) is 5.91 Å². The highest BCUT2D eigenvalue weighted by molar-refractivity contribution is 5.91. The lowest BCUT2D eigenvalue weighted by atomic mass is 9.92. The second-order valence-electron chi connectivity index (χ2n) is 8.44. The largest absolute Gasteiger partial charge is 0.483 e. The summed E-state index contributed by atoms with van der Waals surface area (Å²) in [4.78, 5) is 27.5. The molecule has 2 fully saturated rings. The molecule has 1 atom stereocenters. The number of nitrogens with zero attached hydrogens (tertiary/aromatic N) is 4. The molecule has 5 rings (SSSR count). The summed E-state index contributed by atoms with van der Waals surface area (Å²) in [5.74, 6) is 0.576. The number of rotatable bonds is 5. The molecule has 30 heavy (non-hydrogen) atoms. The predicted molar refractivity (Wildman–Crippen MR) is 111 cm³/mol. The van der Waals surface area contributed by atoms with Gasteiger partial charge in [-0.1, -0.05) is 0 Å². The van der Waals surface area contributed by atoms with Gasteiger partial charge in [-0.25, -0.2) is 4.79 Å². The minimum Gasteiger partial charge on any atom is -0.483 e. The molecular weight excluding hydrogens is 384 g/mol. The van der Waals surface area contributed by atoms with E-state index in [4.69, 9.17) is 4.74 Å². The monoisotopic (exact) mass is 410 g/mol. The minimum atomic E-state index is -0.972. The van der Waals surface area contributed by atoms with Gasteiger partial charge in [-0.05, 0) is 51.2 Å². The molecule has 1 aromatic carbocycles. The molecule has 158 valence electrons. The van der Waals surface area contributed by atoms with Crippen LogP contribution >= 0.6 is 0 Å². The van der Waals surface area contributed by atoms with Crippen LogP contribution in [-0.2, 0) is 11.2 Å². The number of fused-ring (bicyclic) bond motifs is 1. The molecule has 3 heterocycles. The van der Waals surface area contributed by atoms with Crippen LogP contribution in [0.2, 0.25) is 0 Å². The van der Waals surface area contributed by atoms with Crippen LogP contribution in [0, 0.1) is 0 Å². The van der Waals surface area contributed by atoms with Crippen LogP contribution in [0.1, 0.15) is 44.2 Å². The Morgan fingerprint density at radius 2 is 2.03 bits per heavy atom. The number of ether oxygens (including phenoxy) is 1. The summed E-state index contributed by atoms with van der Waals surface area (Å²) in [7, 11) is 0. The highest BCUT2D eigenvalue weighted by atomic mass is 16.5. The zero-order valence-corrected chi connectivity index (χ0v) is 17.1. The normalized spacial score (nSPS) is 20.5. The quantitative estimate of drug-likeness (QED) is 0.817. The lowest BCUT2D eigenvalue weighted by Gasteiger charge is -2.35. The van der Waals surface area contributed by atoms with Gasteiger partial charge in [0.2, 0.25) is 0 Å². The fourth-order valence-electron chi connectivity index (χ4n) is 4.29. The van der Waals surface area contributed by atoms with E-state index in [1.54, 1.807) is 4.90 Å². The molecule has 1 aromatic heterocycles. The maximum Gasteiger partial charge on any atom is 0.412 e. The van der Waals surface area contributed by atoms with E-state index in [0.29, 0.717) is 30.3 Å². The van der Waals surface area contributed by atoms with E-state index in [0.717, 1.165) is 49.0 Å². The van der Waals surface area contributed by atoms with Gasteiger partial charge in [0.15, 0.2) is 6.61 Å². The molecule has 0 unspecified atom stereocenters. The van der Waals surface area contributed by atoms with Gasteiger partial charge in [0.1, 0.15) is 5.75 Å². The first-order valence-corrected chi connectivity index (χ1v) is 10.7. The van der Waals surface area contributed by atoms with Crippen molar-refractivity contribution < 1.29 is 19.4 Å². The van der Waals surface area contributed by atoms with E-state index in [1.165, 1.54) is 4.90 Å². The summed E-state index contributed by atoms with van der Waals surface area (Å²) >= 11 is 0. The van der Waals surface area contributed by atoms with Crippen LogP contribution in [-0.4, -0.2) is 57.5 Å². The summed E-state index contributed by atoms with van der Waals surface area (Å²) < 4.78 is 8.09. The second-order valence-corrected chi connectivity index (χ2v) is 8.44. The maximum absolute atomic E-state index is 12.4. The van der Waals surface area contributed by atoms with Crippen LogP contribution in [0.5, 0.6) is 5.75 Å². The van der Waals surface area contributed by atoms with Crippen LogP contribution in [0.3, 0.4) is 0 Å². The topological polar surface area (TPSA) is 87.9 Å². The molecule has 1 aliphatic carbocycles. The number of hydrogen-bond acceptors (Lipinski definition) is 4. The third-order valence-electron chi connectivity index (χ3n) is 6.34. The first-order valence-electron chi connectivity index (χ1n) is 10.7. The van der Waals surface area contributed by atoms with Gasteiger partial charge < -0.3 is 14.7 Å². The number of likely N-dealkylation sites (tertiary alicyclic amines) is 1. The van der Waals surface area contributed by atoms with Crippen molar-refractivity contribution in [1.29, 1.82) is 0 Å². The van der Waals surface area contributed by atoms with Crippen molar-refractivity contribution in [1.82, 2.24) is 14.7 Å². The fraction of sp³-hybridized carbons (Fsp3) is 0.500. The molecule has 1 saturated carbocycles. The van der Waals surface area contributed by atoms with Crippen molar-refractivity contribution in [3.8, 4) is 16.9 Å². The summed E-state index contributed by atoms with van der Waals surface area (Å²) in [6.45, 7) is 3.43. The third kappa shape index (κ3) is 3.30. The Morgan fingerprint density at radius 3 is 2.70 bits per heavy atom. The Bertz CT molecular complexity index is 993. The van der Waals surface area contributed by atoms with Crippen LogP contribution in [0.15, 0.2) is 24.5 Å². The molecule has 8 nitrogen and oxygen atoms in total. The first kappa shape index (κ1) is 19.0. The Balaban J connectivity index is 1.53. The maximum atomic E-state index is 12.4. The smallest absolute Gasteiger partial charge is 0.412 e. The Kier molecular flexibility index (Phi) is 4.64. The first-order chi connectivity index (χ1) is 14.5. The summed E-state index contributed by atoms with van der Waals surface area (Å²) in [6.07, 6.45) is 7.60. The van der Waals surface area contributed by atoms with Gasteiger partial charge >= 0.3 is 6.09 Å². The molecule has 2 amide bonds. The van der Waals surface area contributed by atoms with Crippen molar-refractivity contribution in [2.45, 2.75) is 51.1 Å². The Morgan fingerprint density at radius 1 is 1.23 bits per heavy atom. The van der Waals surface area contributed by atoms with Crippen LogP contribution in [0.25, 0.3) is 11.1 Å². The number of carbonyl (C=O) groups excluding carboxylic acids is 1. The van der Waals surface area contributed by atoms with Crippen molar-refractivity contribution in [2.24, 2.45) is 0 Å². The van der Waals surface area contributed by atoms with E-state index in [9.17, 15) is 14.7 Å². The van der Waals surface area contributed by atoms with Gasteiger partial charge in [-0.3, -0.25) is 14.4 Å². The van der Waals surface area contributed by atoms with E-state index < -0.39 is 6.09 Å². The molecule has 0 spiro atoms. The molecule has 1 saturated heterocycles. The number of hydrogen-bond donors (Lipinski definition) is 1. The lowest BCUT2D eigenvalue weighted by molar-refractivity contribution is -0.136. The lowest BCUT2D eigenvalue weighted by Crippen LogP contribution is -2.44. The van der Waals surface area contributed by atoms with Crippen LogP contribution in [0.4, 0.5) is 10.5 Å². The number of anilines is 1. The Labute approximate surface area is 175 Å². The van der Waals surface area contributed by atoms with Crippen molar-refractivity contribution in [3.63, 3.8) is 0 Å². The SMILES string of the molecule is C[C@H]1CCc2c(ccc(-c3cnn(C4CC4)c3)c2OCC(=O)N2CCC2)N1C(=O)O. The van der Waals surface area contributed by atoms with Crippen molar-refractivity contribution >= 4 is 17.7 Å². The standard InChI is InChI=1S/C22H26N4O4/c1-14-3-6-18-19(26(14)22(28)29)8-7-17(15-11-23-25(12-15)16-4-5-16)21(18)30-13-20(27)24-9-2-10-24/h7-8,11-12,14,16H,2-6,9-10,13H2,1H3,(H,28,29)/t14-/m0/s1. The van der Waals surface area contributed by atoms with E-state index in [-0.39, 0.29) is 18.6 Å². The molecule has 0 bridgehead atoms. The van der Waals surface area contributed by atoms with E-state index in [1.807, 2.05) is 36.1 Å². The molecule has 0 radical (unpaired) electrons. The minimum absolute atomic E-state index is 0.0299. The number of carbonyl (C=O) groups is 2. The summed E-state index contributed by atoms with van der Waals surface area (Å²) in [6, 6.07) is 4.11. The van der Waals surface area contributed by atoms with E-state index in [2.05, 4.69) is 5.10 Å². The fourth-order valence-corrected chi connectivity index (χ4v) is 4.29. The highest BCUT2D eigenvalue weighted by Gasteiger charge is 2.32. The molecular formula is C22H26N4O4. The molecule has 3 aliphatic rings. The highest BCUT2D eigenvalue weighted by Crippen LogP contribution is 2.44. The van der Waals surface area contributed by atoms with Gasteiger partial charge in [0.05, 0.1) is 17.9 Å². The second kappa shape index (κ2) is 7.34. The van der Waals surface area contributed by atoms with Gasteiger partial charge in [0, 0.05) is 42.0 Å². The zero-order chi connectivity index (χ0) is 20.8.